The molecule has 34 heavy (non-hydrogen) atoms. The Bertz CT molecular complexity index is 1410. The number of nitrogens with zero attached hydrogens (tertiary/aromatic N) is 3. The maximum Gasteiger partial charge on any atom is 0.267 e. The fourth-order valence-corrected chi connectivity index (χ4v) is 4.54. The van der Waals surface area contributed by atoms with E-state index in [0.29, 0.717) is 11.3 Å². The van der Waals surface area contributed by atoms with Gasteiger partial charge < -0.3 is 15.7 Å². The van der Waals surface area contributed by atoms with Gasteiger partial charge in [-0.05, 0) is 55.3 Å². The van der Waals surface area contributed by atoms with E-state index in [1.54, 1.807) is 42.5 Å². The highest BCUT2D eigenvalue weighted by atomic mass is 32.1. The molecule has 0 atom stereocenters. The first-order valence-electron chi connectivity index (χ1n) is 10.9. The van der Waals surface area contributed by atoms with Crippen LogP contribution >= 0.6 is 11.3 Å². The van der Waals surface area contributed by atoms with E-state index in [9.17, 15) is 9.90 Å². The zero-order valence-corrected chi connectivity index (χ0v) is 19.3. The normalized spacial score (nSPS) is 11.0. The maximum atomic E-state index is 12.9. The van der Waals surface area contributed by atoms with Crippen molar-refractivity contribution in [1.82, 2.24) is 14.5 Å². The van der Waals surface area contributed by atoms with Gasteiger partial charge in [0.05, 0.1) is 10.2 Å². The van der Waals surface area contributed by atoms with Crippen LogP contribution in [0.1, 0.15) is 21.6 Å². The molecule has 0 bridgehead atoms. The first-order chi connectivity index (χ1) is 16.6. The van der Waals surface area contributed by atoms with Gasteiger partial charge in [-0.3, -0.25) is 4.79 Å². The van der Waals surface area contributed by atoms with Crippen LogP contribution in [0.4, 0.5) is 16.8 Å². The third kappa shape index (κ3) is 4.49. The predicted octanol–water partition coefficient (Wildman–Crippen LogP) is 5.59. The van der Waals surface area contributed by atoms with Gasteiger partial charge in [0, 0.05) is 17.8 Å². The molecular weight excluding hydrogens is 446 g/mol. The number of hydrogen-bond acceptors (Lipinski definition) is 7. The Balaban J connectivity index is 1.24. The van der Waals surface area contributed by atoms with Gasteiger partial charge in [0.2, 0.25) is 11.8 Å². The zero-order valence-electron chi connectivity index (χ0n) is 18.5. The third-order valence-corrected chi connectivity index (χ3v) is 6.43. The van der Waals surface area contributed by atoms with Gasteiger partial charge >= 0.3 is 0 Å². The summed E-state index contributed by atoms with van der Waals surface area (Å²) in [4.78, 5) is 21.9. The smallest absolute Gasteiger partial charge is 0.267 e. The fourth-order valence-electron chi connectivity index (χ4n) is 3.65. The Morgan fingerprint density at radius 2 is 1.71 bits per heavy atom. The van der Waals surface area contributed by atoms with Crippen LogP contribution in [-0.4, -0.2) is 32.1 Å². The zero-order chi connectivity index (χ0) is 23.5. The molecule has 5 rings (SSSR count). The van der Waals surface area contributed by atoms with E-state index in [1.165, 1.54) is 14.8 Å². The van der Waals surface area contributed by atoms with Gasteiger partial charge in [-0.25, -0.2) is 14.5 Å². The number of anilines is 3. The summed E-state index contributed by atoms with van der Waals surface area (Å²) in [5, 5.41) is 17.9. The second-order valence-electron chi connectivity index (χ2n) is 7.84. The average molecular weight is 470 g/mol. The van der Waals surface area contributed by atoms with E-state index in [1.807, 2.05) is 48.5 Å². The largest absolute Gasteiger partial charge is 0.493 e. The molecule has 0 saturated carbocycles. The molecule has 7 nitrogen and oxygen atoms in total. The minimum Gasteiger partial charge on any atom is -0.493 e. The fraction of sp³-hybridized carbons (Fsp3) is 0.115. The number of carbonyl (C=O) groups excluding carboxylic acids is 1. The van der Waals surface area contributed by atoms with E-state index in [2.05, 4.69) is 26.7 Å². The monoisotopic (exact) mass is 469 g/mol. The number of imidazole rings is 1. The van der Waals surface area contributed by atoms with Crippen LogP contribution in [0.5, 0.6) is 5.88 Å². The molecule has 2 aromatic heterocycles. The number of thiazole rings is 1. The Kier molecular flexibility index (Phi) is 5.97. The lowest BCUT2D eigenvalue weighted by molar-refractivity contribution is 0.0953. The van der Waals surface area contributed by atoms with Crippen molar-refractivity contribution in [2.75, 3.05) is 17.2 Å². The highest BCUT2D eigenvalue weighted by molar-refractivity contribution is 7.22. The molecule has 170 valence electrons. The van der Waals surface area contributed by atoms with Gasteiger partial charge in [-0.15, -0.1) is 0 Å². The van der Waals surface area contributed by atoms with E-state index in [-0.39, 0.29) is 17.7 Å². The van der Waals surface area contributed by atoms with Gasteiger partial charge in [0.25, 0.3) is 5.91 Å². The summed E-state index contributed by atoms with van der Waals surface area (Å²) in [5.74, 6) is -0.248. The number of nitrogens with one attached hydrogen (secondary N) is 2. The molecule has 8 heteroatoms. The second-order valence-corrected chi connectivity index (χ2v) is 8.87. The van der Waals surface area contributed by atoms with Crippen molar-refractivity contribution in [2.45, 2.75) is 13.3 Å². The lowest BCUT2D eigenvalue weighted by Crippen LogP contribution is -2.14. The number of hydrogen-bond donors (Lipinski definition) is 3. The molecule has 5 aromatic rings. The Morgan fingerprint density at radius 1 is 0.971 bits per heavy atom. The van der Waals surface area contributed by atoms with Crippen LogP contribution in [0.15, 0.2) is 78.9 Å². The maximum absolute atomic E-state index is 12.9. The van der Waals surface area contributed by atoms with E-state index in [0.717, 1.165) is 29.3 Å². The Labute approximate surface area is 200 Å². The molecule has 2 heterocycles. The number of rotatable bonds is 7. The molecular formula is C26H23N5O2S. The lowest BCUT2D eigenvalue weighted by atomic mass is 10.1. The van der Waals surface area contributed by atoms with Crippen molar-refractivity contribution in [1.29, 1.82) is 0 Å². The number of fused-ring (bicyclic) bond motifs is 1. The number of benzene rings is 3. The van der Waals surface area contributed by atoms with E-state index >= 15 is 0 Å². The van der Waals surface area contributed by atoms with Crippen LogP contribution in [0.2, 0.25) is 0 Å². The number of aromatic hydroxyl groups is 1. The molecule has 0 saturated heterocycles. The van der Waals surface area contributed by atoms with Crippen LogP contribution in [0, 0.1) is 6.92 Å². The topological polar surface area (TPSA) is 92.1 Å². The highest BCUT2D eigenvalue weighted by Crippen LogP contribution is 2.27. The van der Waals surface area contributed by atoms with Crippen LogP contribution in [0.3, 0.4) is 0 Å². The van der Waals surface area contributed by atoms with Crippen molar-refractivity contribution in [3.05, 3.63) is 95.7 Å². The van der Waals surface area contributed by atoms with Gasteiger partial charge in [-0.2, -0.15) is 0 Å². The molecule has 0 amide bonds. The lowest BCUT2D eigenvalue weighted by Gasteiger charge is -2.10. The quantitative estimate of drug-likeness (QED) is 0.288. The predicted molar refractivity (Wildman–Crippen MR) is 136 cm³/mol. The first-order valence-corrected chi connectivity index (χ1v) is 11.7. The minimum atomic E-state index is -0.348. The summed E-state index contributed by atoms with van der Waals surface area (Å²) in [6.45, 7) is 2.44. The Morgan fingerprint density at radius 3 is 2.47 bits per heavy atom. The van der Waals surface area contributed by atoms with E-state index in [4.69, 9.17) is 0 Å². The summed E-state index contributed by atoms with van der Waals surface area (Å²) in [7, 11) is 0. The minimum absolute atomic E-state index is 0.172. The first kappa shape index (κ1) is 21.7. The standard InChI is InChI=1S/C26H23N5O2S/c1-17-23(32)31(24(33)19-7-3-2-4-8-19)25(28-17)29-20-13-11-18(12-14-20)15-16-27-26-30-21-9-5-6-10-22(21)34-26/h2-14,32H,15-16H2,1H3,(H,27,30)(H,28,29). The molecule has 0 aliphatic carbocycles. The molecule has 0 aliphatic heterocycles. The van der Waals surface area contributed by atoms with Crippen molar-refractivity contribution < 1.29 is 9.90 Å². The van der Waals surface area contributed by atoms with Crippen LogP contribution in [-0.2, 0) is 6.42 Å². The Hall–Kier alpha value is -4.17. The number of para-hydroxylation sites is 1. The molecule has 0 radical (unpaired) electrons. The van der Waals surface area contributed by atoms with E-state index < -0.39 is 0 Å². The van der Waals surface area contributed by atoms with Gasteiger partial charge in [0.15, 0.2) is 5.13 Å². The molecule has 0 spiro atoms. The summed E-state index contributed by atoms with van der Waals surface area (Å²) in [6.07, 6.45) is 0.844. The van der Waals surface area contributed by atoms with Gasteiger partial charge in [0.1, 0.15) is 5.69 Å². The summed E-state index contributed by atoms with van der Waals surface area (Å²) in [5.41, 5.74) is 3.80. The molecule has 3 N–H and O–H groups in total. The third-order valence-electron chi connectivity index (χ3n) is 5.44. The van der Waals surface area contributed by atoms with Crippen molar-refractivity contribution in [3.8, 4) is 5.88 Å². The summed E-state index contributed by atoms with van der Waals surface area (Å²) < 4.78 is 2.37. The average Bonchev–Trinajstić information content (AvgIpc) is 3.40. The second kappa shape index (κ2) is 9.36. The number of aromatic nitrogens is 3. The molecule has 0 aliphatic rings. The molecule has 0 fully saturated rings. The summed E-state index contributed by atoms with van der Waals surface area (Å²) in [6, 6.07) is 24.9. The molecule has 0 unspecified atom stereocenters. The van der Waals surface area contributed by atoms with Gasteiger partial charge in [-0.1, -0.05) is 53.8 Å². The SMILES string of the molecule is Cc1nc(Nc2ccc(CCNc3nc4ccccc4s3)cc2)n(C(=O)c2ccccc2)c1O. The van der Waals surface area contributed by atoms with Crippen LogP contribution < -0.4 is 10.6 Å². The number of carbonyl (C=O) groups is 1. The summed E-state index contributed by atoms with van der Waals surface area (Å²) >= 11 is 1.65. The van der Waals surface area contributed by atoms with Crippen molar-refractivity contribution >= 4 is 44.2 Å². The number of aryl methyl sites for hydroxylation is 1. The van der Waals surface area contributed by atoms with Crippen LogP contribution in [0.25, 0.3) is 10.2 Å². The van der Waals surface area contributed by atoms with Crippen molar-refractivity contribution in [2.24, 2.45) is 0 Å². The highest BCUT2D eigenvalue weighted by Gasteiger charge is 2.21. The molecule has 3 aromatic carbocycles. The van der Waals surface area contributed by atoms with Crippen molar-refractivity contribution in [3.63, 3.8) is 0 Å².